The van der Waals surface area contributed by atoms with Gasteiger partial charge in [-0.1, -0.05) is 30.7 Å². The number of benzene rings is 2. The van der Waals surface area contributed by atoms with E-state index in [0.29, 0.717) is 11.3 Å². The van der Waals surface area contributed by atoms with Crippen molar-refractivity contribution >= 4 is 39.9 Å². The van der Waals surface area contributed by atoms with Crippen LogP contribution in [0, 0.1) is 6.92 Å². The Hall–Kier alpha value is -2.64. The third kappa shape index (κ3) is 5.95. The van der Waals surface area contributed by atoms with Crippen LogP contribution in [0.4, 0.5) is 5.69 Å². The molecule has 6 nitrogen and oxygen atoms in total. The van der Waals surface area contributed by atoms with Gasteiger partial charge in [0.25, 0.3) is 5.91 Å². The molecule has 2 unspecified atom stereocenters. The molecule has 1 N–H and O–H groups in total. The van der Waals surface area contributed by atoms with E-state index >= 15 is 0 Å². The Kier molecular flexibility index (Phi) is 8.35. The fraction of sp³-hybridized carbons (Fsp3) is 0.500. The minimum atomic E-state index is -0.953. The molecule has 0 bridgehead atoms. The summed E-state index contributed by atoms with van der Waals surface area (Å²) < 4.78 is 18.1. The summed E-state index contributed by atoms with van der Waals surface area (Å²) in [5.41, 5.74) is 5.25. The number of carbonyl (C=O) groups excluding carboxylic acids is 1. The van der Waals surface area contributed by atoms with Gasteiger partial charge in [-0.15, -0.1) is 0 Å². The summed E-state index contributed by atoms with van der Waals surface area (Å²) in [7, 11) is 10.7. The lowest BCUT2D eigenvalue weighted by Crippen LogP contribution is -2.41. The van der Waals surface area contributed by atoms with Crippen LogP contribution in [0.25, 0.3) is 0 Å². The summed E-state index contributed by atoms with van der Waals surface area (Å²) in [4.78, 5) is 15.7. The zero-order chi connectivity index (χ0) is 28.7. The fourth-order valence-corrected chi connectivity index (χ4v) is 5.26. The van der Waals surface area contributed by atoms with E-state index in [9.17, 15) is 4.79 Å². The van der Waals surface area contributed by atoms with Gasteiger partial charge in [0, 0.05) is 28.9 Å². The molecule has 1 amide bonds. The molecule has 2 heterocycles. The van der Waals surface area contributed by atoms with Crippen LogP contribution in [0.3, 0.4) is 0 Å². The molecular weight excluding hydrogens is 485 g/mol. The van der Waals surface area contributed by atoms with Crippen molar-refractivity contribution in [1.29, 1.82) is 0 Å². The lowest BCUT2D eigenvalue weighted by molar-refractivity contribution is 0.00578. The summed E-state index contributed by atoms with van der Waals surface area (Å²) in [6.45, 7) is 16.9. The normalized spacial score (nSPS) is 23.3. The molecule has 0 spiro atoms. The predicted molar refractivity (Wildman–Crippen MR) is 160 cm³/mol. The maximum absolute atomic E-state index is 13.4. The molecule has 202 valence electrons. The van der Waals surface area contributed by atoms with Crippen molar-refractivity contribution in [1.82, 2.24) is 5.32 Å². The van der Waals surface area contributed by atoms with E-state index in [1.54, 1.807) is 24.3 Å². The van der Waals surface area contributed by atoms with E-state index in [1.807, 2.05) is 0 Å². The second kappa shape index (κ2) is 11.1. The lowest BCUT2D eigenvalue weighted by Gasteiger charge is -2.32. The number of nitrogens with zero attached hydrogens (tertiary/aromatic N) is 1. The first-order chi connectivity index (χ1) is 18.2. The number of rotatable bonds is 7. The van der Waals surface area contributed by atoms with E-state index in [0.717, 1.165) is 35.3 Å². The van der Waals surface area contributed by atoms with Crippen LogP contribution in [-0.4, -0.2) is 57.9 Å². The largest absolute Gasteiger partial charge is 0.510 e. The average molecular weight is 524 g/mol. The number of aryl methyl sites for hydroxylation is 1. The van der Waals surface area contributed by atoms with Gasteiger partial charge in [0.1, 0.15) is 21.4 Å². The van der Waals surface area contributed by atoms with Gasteiger partial charge in [-0.05, 0) is 96.6 Å². The molecule has 4 radical (unpaired) electrons. The molecule has 2 fully saturated rings. The van der Waals surface area contributed by atoms with Gasteiger partial charge < -0.3 is 24.3 Å². The highest BCUT2D eigenvalue weighted by Crippen LogP contribution is 2.39. The topological polar surface area (TPSA) is 60.0 Å². The number of carbonyl (C=O) groups is 1. The zero-order valence-corrected chi connectivity index (χ0v) is 24.5. The van der Waals surface area contributed by atoms with Gasteiger partial charge in [0.05, 0.1) is 17.2 Å². The molecule has 2 aromatic carbocycles. The number of allylic oxidation sites excluding steroid dienone is 1. The maximum Gasteiger partial charge on any atom is 0.494 e. The summed E-state index contributed by atoms with van der Waals surface area (Å²) in [5, 5.41) is 3.28. The summed E-state index contributed by atoms with van der Waals surface area (Å²) in [6, 6.07) is 13.3. The molecule has 0 aliphatic carbocycles. The highest BCUT2D eigenvalue weighted by atomic mass is 16.7. The van der Waals surface area contributed by atoms with Gasteiger partial charge in [-0.25, -0.2) is 0 Å². The van der Waals surface area contributed by atoms with Crippen LogP contribution in [-0.2, 0) is 9.31 Å². The highest BCUT2D eigenvalue weighted by molar-refractivity contribution is 6.62. The van der Waals surface area contributed by atoms with Gasteiger partial charge in [0.2, 0.25) is 0 Å². The number of hydrogen-bond acceptors (Lipinski definition) is 5. The van der Waals surface area contributed by atoms with E-state index in [2.05, 4.69) is 83.8 Å². The van der Waals surface area contributed by atoms with Crippen molar-refractivity contribution in [3.05, 3.63) is 64.9 Å². The van der Waals surface area contributed by atoms with Crippen molar-refractivity contribution in [3.8, 4) is 5.75 Å². The molecule has 2 saturated heterocycles. The average Bonchev–Trinajstić information content (AvgIpc) is 3.29. The third-order valence-electron chi connectivity index (χ3n) is 8.27. The summed E-state index contributed by atoms with van der Waals surface area (Å²) >= 11 is 0. The number of anilines is 1. The van der Waals surface area contributed by atoms with Gasteiger partial charge in [-0.3, -0.25) is 4.79 Å². The van der Waals surface area contributed by atoms with E-state index < -0.39 is 24.2 Å². The Balaban J connectivity index is 1.64. The van der Waals surface area contributed by atoms with Crippen LogP contribution >= 0.6 is 0 Å². The molecule has 2 aliphatic heterocycles. The van der Waals surface area contributed by atoms with Crippen molar-refractivity contribution in [2.45, 2.75) is 97.4 Å². The Morgan fingerprint density at radius 1 is 1.15 bits per heavy atom. The molecular formula is C30H39B3N2O4. The number of hydrogen-bond donors (Lipinski definition) is 1. The molecule has 2 aromatic rings. The van der Waals surface area contributed by atoms with Gasteiger partial charge in [0.15, 0.2) is 0 Å². The Morgan fingerprint density at radius 3 is 2.44 bits per heavy atom. The Labute approximate surface area is 236 Å². The van der Waals surface area contributed by atoms with E-state index in [4.69, 9.17) is 29.7 Å². The van der Waals surface area contributed by atoms with E-state index in [1.165, 1.54) is 5.57 Å². The van der Waals surface area contributed by atoms with Gasteiger partial charge >= 0.3 is 7.12 Å². The fourth-order valence-electron chi connectivity index (χ4n) is 5.26. The van der Waals surface area contributed by atoms with Gasteiger partial charge in [-0.2, -0.15) is 0 Å². The predicted octanol–water partition coefficient (Wildman–Crippen LogP) is 4.37. The van der Waals surface area contributed by atoms with Crippen LogP contribution < -0.4 is 20.4 Å². The highest BCUT2D eigenvalue weighted by Gasteiger charge is 2.52. The number of ether oxygens (including phenoxy) is 1. The summed E-state index contributed by atoms with van der Waals surface area (Å²) in [6.07, 6.45) is 1.65. The monoisotopic (exact) mass is 524 g/mol. The minimum Gasteiger partial charge on any atom is -0.510 e. The van der Waals surface area contributed by atoms with Crippen LogP contribution in [0.5, 0.6) is 5.75 Å². The molecule has 2 aliphatic rings. The molecule has 2 atom stereocenters. The van der Waals surface area contributed by atoms with Crippen LogP contribution in [0.1, 0.15) is 77.2 Å². The SMILES string of the molecule is [B]C([B])Oc1cccc(C(=O)NC2CC(C)N(c3cc(B4OC(C)(C)C(C)(C)O4)ccc3C)/C2=C(\C)CC)c1. The third-order valence-corrected chi connectivity index (χ3v) is 8.27. The van der Waals surface area contributed by atoms with Crippen molar-refractivity contribution in [2.75, 3.05) is 4.90 Å². The maximum atomic E-state index is 13.4. The first-order valence-electron chi connectivity index (χ1n) is 13.8. The number of nitrogens with one attached hydrogen (secondary N) is 1. The molecule has 9 heteroatoms. The molecule has 39 heavy (non-hydrogen) atoms. The van der Waals surface area contributed by atoms with Crippen molar-refractivity contribution < 1.29 is 18.8 Å². The zero-order valence-electron chi connectivity index (χ0n) is 24.5. The first kappa shape index (κ1) is 29.3. The number of amides is 1. The van der Waals surface area contributed by atoms with Crippen molar-refractivity contribution in [2.24, 2.45) is 0 Å². The second-order valence-corrected chi connectivity index (χ2v) is 11.7. The van der Waals surface area contributed by atoms with Crippen LogP contribution in [0.2, 0.25) is 0 Å². The summed E-state index contributed by atoms with van der Waals surface area (Å²) in [5.74, 6) is -0.672. The standard InChI is InChI=1S/C30H39B3N2O4/c1-9-18(2)26-24(34-27(36)21-11-10-12-23(16-21)37-28(31)32)15-20(4)35(26)25-17-22(14-13-19(25)3)33-38-29(5,6)30(7,8)39-33/h10-14,16-17,20,24,28H,9,15H2,1-8H3,(H,34,36)/b26-18+. The van der Waals surface area contributed by atoms with Crippen LogP contribution in [0.15, 0.2) is 53.7 Å². The smallest absolute Gasteiger partial charge is 0.494 e. The molecule has 0 aromatic heterocycles. The molecule has 4 rings (SSSR count). The Morgan fingerprint density at radius 2 is 1.82 bits per heavy atom. The first-order valence-corrected chi connectivity index (χ1v) is 13.8. The minimum absolute atomic E-state index is 0.145. The van der Waals surface area contributed by atoms with E-state index in [-0.39, 0.29) is 18.0 Å². The quantitative estimate of drug-likeness (QED) is 0.546. The second-order valence-electron chi connectivity index (χ2n) is 11.7. The molecule has 0 saturated carbocycles. The lowest BCUT2D eigenvalue weighted by atomic mass is 9.78. The van der Waals surface area contributed by atoms with Crippen molar-refractivity contribution in [3.63, 3.8) is 0 Å². The Bertz CT molecular complexity index is 1240.